The Balaban J connectivity index is 2.36. The highest BCUT2D eigenvalue weighted by Gasteiger charge is 2.20. The topological polar surface area (TPSA) is 38.1 Å². The highest BCUT2D eigenvalue weighted by molar-refractivity contribution is 8.00. The lowest BCUT2D eigenvalue weighted by Gasteiger charge is -2.18. The number of nitrogens with zero attached hydrogens (tertiary/aromatic N) is 3. The molecule has 0 aliphatic heterocycles. The monoisotopic (exact) mass is 383 g/mol. The van der Waals surface area contributed by atoms with Crippen LogP contribution in [0.25, 0.3) is 0 Å². The molecule has 0 aliphatic rings. The van der Waals surface area contributed by atoms with Crippen molar-refractivity contribution >= 4 is 41.2 Å². The smallest absolute Gasteiger partial charge is 0.323 e. The van der Waals surface area contributed by atoms with Crippen LogP contribution in [0.4, 0.5) is 4.79 Å². The van der Waals surface area contributed by atoms with Crippen LogP contribution in [0.1, 0.15) is 26.3 Å². The van der Waals surface area contributed by atoms with Gasteiger partial charge in [-0.3, -0.25) is 0 Å². The van der Waals surface area contributed by atoms with Gasteiger partial charge in [0.1, 0.15) is 10.1 Å². The zero-order valence-corrected chi connectivity index (χ0v) is 16.8. The third kappa shape index (κ3) is 4.29. The predicted octanol–water partition coefficient (Wildman–Crippen LogP) is 5.42. The van der Waals surface area contributed by atoms with E-state index < -0.39 is 0 Å². The molecule has 0 aliphatic carbocycles. The summed E-state index contributed by atoms with van der Waals surface area (Å²) in [5, 5.41) is 6.88. The average molecular weight is 384 g/mol. The Labute approximate surface area is 156 Å². The zero-order chi connectivity index (χ0) is 17.7. The van der Waals surface area contributed by atoms with E-state index in [1.807, 2.05) is 45.0 Å². The van der Waals surface area contributed by atoms with Crippen molar-refractivity contribution in [3.63, 3.8) is 0 Å². The fourth-order valence-corrected chi connectivity index (χ4v) is 4.30. The Bertz CT molecular complexity index is 694. The summed E-state index contributed by atoms with van der Waals surface area (Å²) in [7, 11) is 0. The Kier molecular flexibility index (Phi) is 7.07. The van der Waals surface area contributed by atoms with Crippen LogP contribution in [0.2, 0.25) is 5.02 Å². The van der Waals surface area contributed by atoms with Crippen LogP contribution in [-0.2, 0) is 0 Å². The van der Waals surface area contributed by atoms with Crippen LogP contribution in [0, 0.1) is 6.92 Å². The Morgan fingerprint density at radius 1 is 1.29 bits per heavy atom. The van der Waals surface area contributed by atoms with E-state index in [4.69, 9.17) is 11.6 Å². The molecule has 0 atom stereocenters. The van der Waals surface area contributed by atoms with Crippen molar-refractivity contribution in [1.29, 1.82) is 0 Å². The van der Waals surface area contributed by atoms with Crippen molar-refractivity contribution in [2.45, 2.75) is 42.6 Å². The molecule has 130 valence electrons. The maximum absolute atomic E-state index is 12.7. The van der Waals surface area contributed by atoms with Crippen LogP contribution in [0.15, 0.2) is 39.2 Å². The highest BCUT2D eigenvalue weighted by atomic mass is 35.5. The minimum atomic E-state index is -0.0846. The number of amides is 1. The number of benzene rings is 1. The number of hydrogen-bond donors (Lipinski definition) is 0. The van der Waals surface area contributed by atoms with Gasteiger partial charge in [0.25, 0.3) is 0 Å². The Morgan fingerprint density at radius 2 is 2.00 bits per heavy atom. The highest BCUT2D eigenvalue weighted by Crippen LogP contribution is 2.36. The van der Waals surface area contributed by atoms with Crippen LogP contribution < -0.4 is 0 Å². The van der Waals surface area contributed by atoms with Gasteiger partial charge in [0.15, 0.2) is 0 Å². The summed E-state index contributed by atoms with van der Waals surface area (Å²) in [5.41, 5.74) is 1.10. The van der Waals surface area contributed by atoms with Crippen molar-refractivity contribution in [3.8, 4) is 0 Å². The van der Waals surface area contributed by atoms with Gasteiger partial charge in [-0.15, -0.1) is 11.8 Å². The fourth-order valence-electron chi connectivity index (χ4n) is 2.26. The van der Waals surface area contributed by atoms with E-state index in [1.54, 1.807) is 16.7 Å². The number of carbonyl (C=O) groups excluding carboxylic acids is 1. The van der Waals surface area contributed by atoms with Crippen LogP contribution >= 0.6 is 35.1 Å². The van der Waals surface area contributed by atoms with Crippen molar-refractivity contribution < 1.29 is 4.79 Å². The van der Waals surface area contributed by atoms with Crippen molar-refractivity contribution in [2.24, 2.45) is 0 Å². The van der Waals surface area contributed by atoms with E-state index in [1.165, 1.54) is 16.4 Å². The van der Waals surface area contributed by atoms with E-state index in [2.05, 4.69) is 12.0 Å². The number of carbonyl (C=O) groups is 1. The third-order valence-corrected chi connectivity index (χ3v) is 5.99. The lowest BCUT2D eigenvalue weighted by atomic mass is 10.2. The quantitative estimate of drug-likeness (QED) is 0.624. The van der Waals surface area contributed by atoms with Crippen molar-refractivity contribution in [2.75, 3.05) is 18.8 Å². The number of rotatable bonds is 6. The summed E-state index contributed by atoms with van der Waals surface area (Å²) in [6, 6.07) is 7.70. The molecule has 1 heterocycles. The van der Waals surface area contributed by atoms with Crippen LogP contribution in [0.5, 0.6) is 0 Å². The first-order chi connectivity index (χ1) is 11.5. The molecule has 2 rings (SSSR count). The summed E-state index contributed by atoms with van der Waals surface area (Å²) >= 11 is 9.42. The summed E-state index contributed by atoms with van der Waals surface area (Å²) < 4.78 is 1.51. The maximum atomic E-state index is 12.7. The largest absolute Gasteiger partial charge is 0.345 e. The molecule has 0 fully saturated rings. The normalized spacial score (nSPS) is 10.9. The molecule has 0 saturated heterocycles. The zero-order valence-electron chi connectivity index (χ0n) is 14.4. The molecule has 1 amide bonds. The van der Waals surface area contributed by atoms with Gasteiger partial charge in [0, 0.05) is 24.1 Å². The maximum Gasteiger partial charge on any atom is 0.345 e. The minimum Gasteiger partial charge on any atom is -0.323 e. The van der Waals surface area contributed by atoms with Crippen molar-refractivity contribution in [3.05, 3.63) is 34.9 Å². The molecule has 0 bridgehead atoms. The molecule has 0 spiro atoms. The van der Waals surface area contributed by atoms with Gasteiger partial charge in [-0.1, -0.05) is 42.4 Å². The number of aryl methyl sites for hydroxylation is 1. The number of hydrogen-bond acceptors (Lipinski definition) is 4. The third-order valence-electron chi connectivity index (χ3n) is 3.53. The molecule has 0 saturated carbocycles. The summed E-state index contributed by atoms with van der Waals surface area (Å²) in [5.74, 6) is 0.881. The van der Waals surface area contributed by atoms with Crippen molar-refractivity contribution in [1.82, 2.24) is 14.7 Å². The molecular weight excluding hydrogens is 362 g/mol. The lowest BCUT2D eigenvalue weighted by Crippen LogP contribution is -2.35. The SMILES string of the molecule is CCSc1cc(Sc2c(C)cccc2Cl)nn1C(=O)N(CC)CC. The van der Waals surface area contributed by atoms with Gasteiger partial charge in [-0.2, -0.15) is 9.78 Å². The molecule has 4 nitrogen and oxygen atoms in total. The van der Waals surface area contributed by atoms with E-state index in [0.29, 0.717) is 18.1 Å². The standard InChI is InChI=1S/C17H22ClN3OS2/c1-5-20(6-2)17(22)21-15(23-7-3)11-14(19-21)24-16-12(4)9-8-10-13(16)18/h8-11H,5-7H2,1-4H3. The Hall–Kier alpha value is -1.11. The number of halogens is 1. The second-order valence-electron chi connectivity index (χ2n) is 5.11. The molecule has 1 aromatic heterocycles. The van der Waals surface area contributed by atoms with Gasteiger partial charge in [-0.05, 0) is 38.2 Å². The molecule has 0 unspecified atom stereocenters. The fraction of sp³-hybridized carbons (Fsp3) is 0.412. The lowest BCUT2D eigenvalue weighted by molar-refractivity contribution is 0.199. The molecule has 24 heavy (non-hydrogen) atoms. The van der Waals surface area contributed by atoms with Gasteiger partial charge in [0.05, 0.1) is 5.02 Å². The molecule has 7 heteroatoms. The summed E-state index contributed by atoms with van der Waals surface area (Å²) in [6.45, 7) is 9.36. The molecule has 1 aromatic carbocycles. The van der Waals surface area contributed by atoms with Crippen LogP contribution in [0.3, 0.4) is 0 Å². The molecule has 0 N–H and O–H groups in total. The predicted molar refractivity (Wildman–Crippen MR) is 103 cm³/mol. The van der Waals surface area contributed by atoms with Gasteiger partial charge < -0.3 is 4.90 Å². The van der Waals surface area contributed by atoms with E-state index >= 15 is 0 Å². The summed E-state index contributed by atoms with van der Waals surface area (Å²) in [6.07, 6.45) is 0. The van der Waals surface area contributed by atoms with Gasteiger partial charge >= 0.3 is 6.03 Å². The van der Waals surface area contributed by atoms with E-state index in [9.17, 15) is 4.79 Å². The summed E-state index contributed by atoms with van der Waals surface area (Å²) in [4.78, 5) is 15.4. The average Bonchev–Trinajstić information content (AvgIpc) is 2.95. The number of thioether (sulfide) groups is 1. The first kappa shape index (κ1) is 19.2. The minimum absolute atomic E-state index is 0.0846. The van der Waals surface area contributed by atoms with Gasteiger partial charge in [-0.25, -0.2) is 4.79 Å². The first-order valence-corrected chi connectivity index (χ1v) is 10.1. The molecule has 0 radical (unpaired) electrons. The second-order valence-corrected chi connectivity index (χ2v) is 7.83. The van der Waals surface area contributed by atoms with E-state index in [-0.39, 0.29) is 6.03 Å². The van der Waals surface area contributed by atoms with Gasteiger partial charge in [0.2, 0.25) is 0 Å². The number of aromatic nitrogens is 2. The van der Waals surface area contributed by atoms with E-state index in [0.717, 1.165) is 26.3 Å². The second kappa shape index (κ2) is 8.83. The molecule has 2 aromatic rings. The Morgan fingerprint density at radius 3 is 2.58 bits per heavy atom. The molecular formula is C17H22ClN3OS2. The first-order valence-electron chi connectivity index (χ1n) is 7.96. The van der Waals surface area contributed by atoms with Crippen LogP contribution in [-0.4, -0.2) is 39.6 Å².